The van der Waals surface area contributed by atoms with E-state index in [-0.39, 0.29) is 0 Å². The van der Waals surface area contributed by atoms with Crippen LogP contribution in [0.3, 0.4) is 0 Å². The van der Waals surface area contributed by atoms with Crippen molar-refractivity contribution < 1.29 is 0 Å². The van der Waals surface area contributed by atoms with Crippen molar-refractivity contribution in [3.63, 3.8) is 0 Å². The Morgan fingerprint density at radius 1 is 0.952 bits per heavy atom. The lowest BCUT2D eigenvalue weighted by molar-refractivity contribution is 1.04. The molecule has 0 saturated heterocycles. The number of aryl methyl sites for hydroxylation is 1. The molecule has 0 aliphatic heterocycles. The summed E-state index contributed by atoms with van der Waals surface area (Å²) in [6.45, 7) is 2.21. The Balaban J connectivity index is 2.01. The molecule has 0 heterocycles. The van der Waals surface area contributed by atoms with E-state index in [2.05, 4.69) is 89.6 Å². The fraction of sp³-hybridized carbons (Fsp3) is 0.100. The first-order valence-electron chi connectivity index (χ1n) is 7.20. The zero-order valence-corrected chi connectivity index (χ0v) is 13.4. The van der Waals surface area contributed by atoms with Gasteiger partial charge in [-0.25, -0.2) is 0 Å². The number of benzene rings is 3. The molecule has 0 radical (unpaired) electrons. The maximum absolute atomic E-state index is 3.61. The fourth-order valence-corrected chi connectivity index (χ4v) is 3.70. The fourth-order valence-electron chi connectivity index (χ4n) is 3.34. The number of allylic oxidation sites excluding steroid dienone is 1. The summed E-state index contributed by atoms with van der Waals surface area (Å²) in [7, 11) is 0. The molecular formula is C20H15Br. The number of hydrogen-bond donors (Lipinski definition) is 0. The van der Waals surface area contributed by atoms with Crippen LogP contribution in [-0.2, 0) is 0 Å². The summed E-state index contributed by atoms with van der Waals surface area (Å²) in [4.78, 5) is 0. The Morgan fingerprint density at radius 2 is 1.76 bits per heavy atom. The van der Waals surface area contributed by atoms with E-state index in [9.17, 15) is 0 Å². The van der Waals surface area contributed by atoms with Gasteiger partial charge in [-0.15, -0.1) is 0 Å². The second-order valence-electron chi connectivity index (χ2n) is 5.63. The average Bonchev–Trinajstić information content (AvgIpc) is 2.91. The highest BCUT2D eigenvalue weighted by Gasteiger charge is 2.22. The van der Waals surface area contributed by atoms with E-state index >= 15 is 0 Å². The Kier molecular flexibility index (Phi) is 2.97. The van der Waals surface area contributed by atoms with E-state index in [1.807, 2.05) is 0 Å². The predicted molar refractivity (Wildman–Crippen MR) is 93.7 cm³/mol. The van der Waals surface area contributed by atoms with E-state index in [1.54, 1.807) is 0 Å². The van der Waals surface area contributed by atoms with Crippen LogP contribution in [0.15, 0.2) is 65.1 Å². The summed E-state index contributed by atoms with van der Waals surface area (Å²) in [5.41, 5.74) is 5.53. The lowest BCUT2D eigenvalue weighted by Crippen LogP contribution is -2.00. The lowest BCUT2D eigenvalue weighted by Gasteiger charge is -2.17. The standard InChI is InChI=1S/C20H15Br/c1-13-6-7-15-8-10-16(21)12-19(15)20(13)18-11-9-14-4-2-3-5-17(14)18/h2-12,18H,1H3. The summed E-state index contributed by atoms with van der Waals surface area (Å²) in [6.07, 6.45) is 4.57. The van der Waals surface area contributed by atoms with Gasteiger partial charge in [0.15, 0.2) is 0 Å². The third-order valence-electron chi connectivity index (χ3n) is 4.35. The van der Waals surface area contributed by atoms with Gasteiger partial charge in [-0.2, -0.15) is 0 Å². The average molecular weight is 335 g/mol. The van der Waals surface area contributed by atoms with Crippen LogP contribution in [-0.4, -0.2) is 0 Å². The molecule has 0 amide bonds. The van der Waals surface area contributed by atoms with Crippen molar-refractivity contribution in [3.8, 4) is 0 Å². The molecule has 4 rings (SSSR count). The summed E-state index contributed by atoms with van der Waals surface area (Å²) in [5, 5.41) is 2.65. The van der Waals surface area contributed by atoms with Gasteiger partial charge in [-0.05, 0) is 52.1 Å². The quantitative estimate of drug-likeness (QED) is 0.506. The molecule has 21 heavy (non-hydrogen) atoms. The number of halogens is 1. The van der Waals surface area contributed by atoms with E-state index in [0.717, 1.165) is 4.47 Å². The van der Waals surface area contributed by atoms with Crippen LogP contribution >= 0.6 is 15.9 Å². The van der Waals surface area contributed by atoms with Gasteiger partial charge in [0, 0.05) is 10.4 Å². The first kappa shape index (κ1) is 12.8. The van der Waals surface area contributed by atoms with Crippen LogP contribution in [0.2, 0.25) is 0 Å². The van der Waals surface area contributed by atoms with Gasteiger partial charge in [0.05, 0.1) is 0 Å². The van der Waals surface area contributed by atoms with Crippen molar-refractivity contribution in [2.24, 2.45) is 0 Å². The first-order valence-corrected chi connectivity index (χ1v) is 7.99. The molecule has 1 heteroatoms. The van der Waals surface area contributed by atoms with Crippen LogP contribution in [0.25, 0.3) is 16.8 Å². The molecule has 0 N–H and O–H groups in total. The van der Waals surface area contributed by atoms with E-state index < -0.39 is 0 Å². The van der Waals surface area contributed by atoms with Gasteiger partial charge in [-0.1, -0.05) is 70.5 Å². The number of rotatable bonds is 1. The zero-order chi connectivity index (χ0) is 14.4. The van der Waals surface area contributed by atoms with Crippen molar-refractivity contribution in [3.05, 3.63) is 87.4 Å². The molecule has 1 aliphatic carbocycles. The highest BCUT2D eigenvalue weighted by atomic mass is 79.9. The van der Waals surface area contributed by atoms with Crippen LogP contribution in [0.1, 0.15) is 28.2 Å². The molecule has 0 saturated carbocycles. The minimum absolute atomic E-state index is 0.360. The maximum atomic E-state index is 3.61. The molecule has 1 unspecified atom stereocenters. The van der Waals surface area contributed by atoms with Crippen LogP contribution in [0, 0.1) is 6.92 Å². The van der Waals surface area contributed by atoms with Crippen molar-refractivity contribution in [1.29, 1.82) is 0 Å². The molecule has 102 valence electrons. The van der Waals surface area contributed by atoms with E-state index in [1.165, 1.54) is 33.0 Å². The summed E-state index contributed by atoms with van der Waals surface area (Å²) < 4.78 is 1.14. The second kappa shape index (κ2) is 4.85. The highest BCUT2D eigenvalue weighted by Crippen LogP contribution is 2.40. The Morgan fingerprint density at radius 3 is 2.67 bits per heavy atom. The molecule has 0 nitrogen and oxygen atoms in total. The molecule has 1 atom stereocenters. The minimum atomic E-state index is 0.360. The SMILES string of the molecule is Cc1ccc2ccc(Br)cc2c1C1C=Cc2ccccc21. The van der Waals surface area contributed by atoms with Crippen LogP contribution in [0.4, 0.5) is 0 Å². The summed E-state index contributed by atoms with van der Waals surface area (Å²) >= 11 is 3.61. The molecule has 0 bridgehead atoms. The highest BCUT2D eigenvalue weighted by molar-refractivity contribution is 9.10. The summed E-state index contributed by atoms with van der Waals surface area (Å²) in [5.74, 6) is 0.360. The second-order valence-corrected chi connectivity index (χ2v) is 6.54. The van der Waals surface area contributed by atoms with Crippen molar-refractivity contribution in [2.75, 3.05) is 0 Å². The van der Waals surface area contributed by atoms with Gasteiger partial charge in [0.2, 0.25) is 0 Å². The molecular weight excluding hydrogens is 320 g/mol. The zero-order valence-electron chi connectivity index (χ0n) is 11.8. The topological polar surface area (TPSA) is 0 Å². The Hall–Kier alpha value is -1.86. The Labute approximate surface area is 133 Å². The van der Waals surface area contributed by atoms with Crippen LogP contribution in [0.5, 0.6) is 0 Å². The number of fused-ring (bicyclic) bond motifs is 2. The Bertz CT molecular complexity index is 869. The smallest absolute Gasteiger partial charge is 0.0287 e. The van der Waals surface area contributed by atoms with Gasteiger partial charge >= 0.3 is 0 Å². The maximum Gasteiger partial charge on any atom is 0.0287 e. The largest absolute Gasteiger partial charge is 0.0720 e. The third-order valence-corrected chi connectivity index (χ3v) is 4.85. The molecule has 3 aromatic rings. The predicted octanol–water partition coefficient (Wildman–Crippen LogP) is 6.07. The monoisotopic (exact) mass is 334 g/mol. The van der Waals surface area contributed by atoms with E-state index in [0.29, 0.717) is 5.92 Å². The van der Waals surface area contributed by atoms with Crippen molar-refractivity contribution in [1.82, 2.24) is 0 Å². The molecule has 0 aromatic heterocycles. The molecule has 1 aliphatic rings. The van der Waals surface area contributed by atoms with Gasteiger partial charge < -0.3 is 0 Å². The van der Waals surface area contributed by atoms with Crippen molar-refractivity contribution in [2.45, 2.75) is 12.8 Å². The first-order chi connectivity index (χ1) is 10.2. The van der Waals surface area contributed by atoms with Gasteiger partial charge in [-0.3, -0.25) is 0 Å². The summed E-state index contributed by atoms with van der Waals surface area (Å²) in [6, 6.07) is 19.7. The van der Waals surface area contributed by atoms with Gasteiger partial charge in [0.25, 0.3) is 0 Å². The minimum Gasteiger partial charge on any atom is -0.0720 e. The van der Waals surface area contributed by atoms with E-state index in [4.69, 9.17) is 0 Å². The van der Waals surface area contributed by atoms with Crippen LogP contribution < -0.4 is 0 Å². The lowest BCUT2D eigenvalue weighted by atomic mass is 9.86. The normalized spacial score (nSPS) is 16.4. The van der Waals surface area contributed by atoms with Crippen molar-refractivity contribution >= 4 is 32.8 Å². The molecule has 0 spiro atoms. The molecule has 0 fully saturated rings. The molecule has 3 aromatic carbocycles. The van der Waals surface area contributed by atoms with Gasteiger partial charge in [0.1, 0.15) is 0 Å². The number of hydrogen-bond acceptors (Lipinski definition) is 0. The third kappa shape index (κ3) is 2.04.